The summed E-state index contributed by atoms with van der Waals surface area (Å²) < 4.78 is 0. The van der Waals surface area contributed by atoms with Crippen molar-refractivity contribution in [3.63, 3.8) is 0 Å². The lowest BCUT2D eigenvalue weighted by molar-refractivity contribution is 0.644. The zero-order valence-electron chi connectivity index (χ0n) is 11.5. The van der Waals surface area contributed by atoms with Crippen molar-refractivity contribution in [3.05, 3.63) is 70.8 Å². The second-order valence-corrected chi connectivity index (χ2v) is 5.55. The molecule has 1 nitrogen and oxygen atoms in total. The van der Waals surface area contributed by atoms with E-state index in [0.717, 1.165) is 25.9 Å². The number of hydrogen-bond donors (Lipinski definition) is 1. The Labute approximate surface area is 115 Å². The smallest absolute Gasteiger partial charge is 0.00177 e. The predicted molar refractivity (Wildman–Crippen MR) is 80.7 cm³/mol. The Balaban J connectivity index is 1.88. The van der Waals surface area contributed by atoms with Crippen molar-refractivity contribution in [2.24, 2.45) is 0 Å². The van der Waals surface area contributed by atoms with Gasteiger partial charge in [0, 0.05) is 6.54 Å². The summed E-state index contributed by atoms with van der Waals surface area (Å²) in [5, 5.41) is 3.51. The monoisotopic (exact) mass is 251 g/mol. The molecule has 0 saturated heterocycles. The molecule has 1 N–H and O–H groups in total. The van der Waals surface area contributed by atoms with Gasteiger partial charge in [-0.2, -0.15) is 0 Å². The lowest BCUT2D eigenvalue weighted by atomic mass is 9.92. The van der Waals surface area contributed by atoms with Crippen molar-refractivity contribution >= 4 is 0 Å². The summed E-state index contributed by atoms with van der Waals surface area (Å²) in [6, 6.07) is 17.8. The van der Waals surface area contributed by atoms with Gasteiger partial charge in [0.15, 0.2) is 0 Å². The van der Waals surface area contributed by atoms with Gasteiger partial charge < -0.3 is 5.32 Å². The van der Waals surface area contributed by atoms with E-state index < -0.39 is 0 Å². The van der Waals surface area contributed by atoms with Crippen molar-refractivity contribution < 1.29 is 0 Å². The third kappa shape index (κ3) is 2.87. The molecular formula is C18H21N. The Morgan fingerprint density at radius 3 is 2.74 bits per heavy atom. The minimum atomic E-state index is 0.619. The molecule has 1 atom stereocenters. The third-order valence-electron chi connectivity index (χ3n) is 4.01. The summed E-state index contributed by atoms with van der Waals surface area (Å²) >= 11 is 0. The molecule has 0 unspecified atom stereocenters. The van der Waals surface area contributed by atoms with Gasteiger partial charge in [0.25, 0.3) is 0 Å². The van der Waals surface area contributed by atoms with E-state index in [1.54, 1.807) is 5.56 Å². The Bertz CT molecular complexity index is 545. The molecule has 0 aromatic heterocycles. The van der Waals surface area contributed by atoms with Gasteiger partial charge in [-0.1, -0.05) is 55.5 Å². The molecule has 0 bridgehead atoms. The van der Waals surface area contributed by atoms with E-state index in [-0.39, 0.29) is 0 Å². The Kier molecular flexibility index (Phi) is 3.65. The van der Waals surface area contributed by atoms with Crippen LogP contribution in [-0.4, -0.2) is 13.1 Å². The molecule has 1 aliphatic rings. The first kappa shape index (κ1) is 12.4. The van der Waals surface area contributed by atoms with Crippen molar-refractivity contribution in [1.29, 1.82) is 0 Å². The summed E-state index contributed by atoms with van der Waals surface area (Å²) in [7, 11) is 0. The molecule has 0 saturated carbocycles. The van der Waals surface area contributed by atoms with Crippen LogP contribution in [0.2, 0.25) is 0 Å². The highest BCUT2D eigenvalue weighted by Crippen LogP contribution is 2.24. The standard InChI is InChI=1S/C18H21N/c1-14-13-19-10-9-17-8-7-16(12-18(14)17)11-15-5-3-2-4-6-15/h2-8,12,14,19H,9-11,13H2,1H3/t14-/m0/s1. The van der Waals surface area contributed by atoms with Crippen molar-refractivity contribution in [2.75, 3.05) is 13.1 Å². The fourth-order valence-electron chi connectivity index (χ4n) is 2.92. The molecule has 1 heterocycles. The minimum absolute atomic E-state index is 0.619. The first-order chi connectivity index (χ1) is 9.33. The number of rotatable bonds is 2. The van der Waals surface area contributed by atoms with Crippen LogP contribution in [0.15, 0.2) is 48.5 Å². The third-order valence-corrected chi connectivity index (χ3v) is 4.01. The van der Waals surface area contributed by atoms with Crippen molar-refractivity contribution in [3.8, 4) is 0 Å². The van der Waals surface area contributed by atoms with Gasteiger partial charge in [-0.15, -0.1) is 0 Å². The van der Waals surface area contributed by atoms with Crippen LogP contribution in [0, 0.1) is 0 Å². The van der Waals surface area contributed by atoms with Crippen LogP contribution in [0.3, 0.4) is 0 Å². The molecule has 3 rings (SSSR count). The first-order valence-corrected chi connectivity index (χ1v) is 7.19. The topological polar surface area (TPSA) is 12.0 Å². The molecule has 0 radical (unpaired) electrons. The Morgan fingerprint density at radius 1 is 1.05 bits per heavy atom. The lowest BCUT2D eigenvalue weighted by Crippen LogP contribution is -2.18. The number of hydrogen-bond acceptors (Lipinski definition) is 1. The average molecular weight is 251 g/mol. The van der Waals surface area contributed by atoms with E-state index in [0.29, 0.717) is 5.92 Å². The lowest BCUT2D eigenvalue weighted by Gasteiger charge is -2.14. The summed E-state index contributed by atoms with van der Waals surface area (Å²) in [4.78, 5) is 0. The van der Waals surface area contributed by atoms with E-state index in [1.807, 2.05) is 0 Å². The first-order valence-electron chi connectivity index (χ1n) is 7.19. The molecular weight excluding hydrogens is 230 g/mol. The van der Waals surface area contributed by atoms with Crippen LogP contribution in [0.5, 0.6) is 0 Å². The molecule has 1 aliphatic heterocycles. The number of benzene rings is 2. The Morgan fingerprint density at radius 2 is 1.89 bits per heavy atom. The highest BCUT2D eigenvalue weighted by atomic mass is 14.9. The highest BCUT2D eigenvalue weighted by Gasteiger charge is 2.14. The zero-order chi connectivity index (χ0) is 13.1. The van der Waals surface area contributed by atoms with Gasteiger partial charge in [-0.3, -0.25) is 0 Å². The normalized spacial score (nSPS) is 18.7. The highest BCUT2D eigenvalue weighted by molar-refractivity contribution is 5.38. The van der Waals surface area contributed by atoms with Gasteiger partial charge in [-0.05, 0) is 47.6 Å². The predicted octanol–water partition coefficient (Wildman–Crippen LogP) is 3.53. The maximum absolute atomic E-state index is 3.51. The minimum Gasteiger partial charge on any atom is -0.316 e. The summed E-state index contributed by atoms with van der Waals surface area (Å²) in [5.41, 5.74) is 5.88. The van der Waals surface area contributed by atoms with Crippen LogP contribution in [0.1, 0.15) is 35.1 Å². The van der Waals surface area contributed by atoms with E-state index in [4.69, 9.17) is 0 Å². The number of fused-ring (bicyclic) bond motifs is 1. The molecule has 19 heavy (non-hydrogen) atoms. The summed E-state index contributed by atoms with van der Waals surface area (Å²) in [6.07, 6.45) is 2.19. The van der Waals surface area contributed by atoms with E-state index in [1.165, 1.54) is 16.7 Å². The van der Waals surface area contributed by atoms with Gasteiger partial charge >= 0.3 is 0 Å². The maximum atomic E-state index is 3.51. The van der Waals surface area contributed by atoms with Crippen LogP contribution in [0.4, 0.5) is 0 Å². The van der Waals surface area contributed by atoms with Gasteiger partial charge in [0.2, 0.25) is 0 Å². The zero-order valence-corrected chi connectivity index (χ0v) is 11.5. The van der Waals surface area contributed by atoms with Crippen LogP contribution < -0.4 is 5.32 Å². The molecule has 98 valence electrons. The van der Waals surface area contributed by atoms with Gasteiger partial charge in [-0.25, -0.2) is 0 Å². The molecule has 0 aliphatic carbocycles. The molecule has 2 aromatic carbocycles. The molecule has 0 fully saturated rings. The fraction of sp³-hybridized carbons (Fsp3) is 0.333. The summed E-state index contributed by atoms with van der Waals surface area (Å²) in [6.45, 7) is 4.53. The average Bonchev–Trinajstić information content (AvgIpc) is 2.62. The second-order valence-electron chi connectivity index (χ2n) is 5.55. The van der Waals surface area contributed by atoms with Crippen LogP contribution >= 0.6 is 0 Å². The van der Waals surface area contributed by atoms with Crippen molar-refractivity contribution in [1.82, 2.24) is 5.32 Å². The fourth-order valence-corrected chi connectivity index (χ4v) is 2.92. The van der Waals surface area contributed by atoms with Gasteiger partial charge in [0.1, 0.15) is 0 Å². The van der Waals surface area contributed by atoms with Crippen LogP contribution in [0.25, 0.3) is 0 Å². The van der Waals surface area contributed by atoms with Crippen LogP contribution in [-0.2, 0) is 12.8 Å². The van der Waals surface area contributed by atoms with Gasteiger partial charge in [0.05, 0.1) is 0 Å². The maximum Gasteiger partial charge on any atom is 0.00177 e. The molecule has 0 amide bonds. The SMILES string of the molecule is C[C@H]1CNCCc2ccc(Cc3ccccc3)cc21. The van der Waals surface area contributed by atoms with E-state index in [9.17, 15) is 0 Å². The van der Waals surface area contributed by atoms with E-state index in [2.05, 4.69) is 60.8 Å². The van der Waals surface area contributed by atoms with E-state index >= 15 is 0 Å². The quantitative estimate of drug-likeness (QED) is 0.861. The van der Waals surface area contributed by atoms with Crippen molar-refractivity contribution in [2.45, 2.75) is 25.7 Å². The summed E-state index contributed by atoms with van der Waals surface area (Å²) in [5.74, 6) is 0.619. The second kappa shape index (κ2) is 5.58. The number of nitrogens with one attached hydrogen (secondary N) is 1. The largest absolute Gasteiger partial charge is 0.316 e. The molecule has 1 heteroatoms. The molecule has 2 aromatic rings. The Hall–Kier alpha value is -1.60. The molecule has 0 spiro atoms.